The average molecular weight is 217 g/mol. The molecule has 16 heavy (non-hydrogen) atoms. The molecule has 0 saturated carbocycles. The second-order valence-electron chi connectivity index (χ2n) is 6.27. The molecule has 0 saturated heterocycles. The smallest absolute Gasteiger partial charge is 0.0297 e. The Hall–Kier alpha value is -0.820. The molecule has 0 unspecified atom stereocenters. The van der Waals surface area contributed by atoms with Gasteiger partial charge in [-0.05, 0) is 47.8 Å². The van der Waals surface area contributed by atoms with Crippen molar-refractivity contribution in [2.24, 2.45) is 11.1 Å². The predicted molar refractivity (Wildman–Crippen MR) is 69.5 cm³/mol. The molecule has 0 aromatic heterocycles. The van der Waals surface area contributed by atoms with Gasteiger partial charge in [0.2, 0.25) is 0 Å². The lowest BCUT2D eigenvalue weighted by Crippen LogP contribution is -2.18. The normalized spacial score (nSPS) is 20.6. The number of fused-ring (bicyclic) bond motifs is 1. The molecule has 0 spiro atoms. The number of hydrogen-bond acceptors (Lipinski definition) is 1. The van der Waals surface area contributed by atoms with Gasteiger partial charge >= 0.3 is 0 Å². The number of benzene rings is 1. The molecule has 2 rings (SSSR count). The first-order valence-corrected chi connectivity index (χ1v) is 6.33. The first kappa shape index (κ1) is 11.7. The van der Waals surface area contributed by atoms with E-state index < -0.39 is 0 Å². The van der Waals surface area contributed by atoms with E-state index in [1.54, 1.807) is 0 Å². The zero-order valence-corrected chi connectivity index (χ0v) is 10.7. The number of hydrogen-bond donors (Lipinski definition) is 1. The first-order valence-electron chi connectivity index (χ1n) is 6.33. The molecule has 0 heterocycles. The molecule has 1 aromatic carbocycles. The van der Waals surface area contributed by atoms with E-state index in [-0.39, 0.29) is 6.04 Å². The molecule has 1 heteroatoms. The molecule has 1 aromatic rings. The molecule has 0 amide bonds. The maximum atomic E-state index is 6.18. The maximum Gasteiger partial charge on any atom is 0.0297 e. The monoisotopic (exact) mass is 217 g/mol. The number of aryl methyl sites for hydroxylation is 1. The molecule has 0 aliphatic heterocycles. The molecule has 1 aliphatic carbocycles. The van der Waals surface area contributed by atoms with Gasteiger partial charge in [-0.15, -0.1) is 0 Å². The summed E-state index contributed by atoms with van der Waals surface area (Å²) in [6, 6.07) is 7.17. The lowest BCUT2D eigenvalue weighted by Gasteiger charge is -2.24. The summed E-state index contributed by atoms with van der Waals surface area (Å²) in [5.41, 5.74) is 10.8. The molecular weight excluding hydrogens is 194 g/mol. The Morgan fingerprint density at radius 2 is 2.06 bits per heavy atom. The molecule has 1 nitrogen and oxygen atoms in total. The highest BCUT2D eigenvalue weighted by Crippen LogP contribution is 2.30. The molecule has 1 atom stereocenters. The van der Waals surface area contributed by atoms with E-state index in [0.29, 0.717) is 5.41 Å². The summed E-state index contributed by atoms with van der Waals surface area (Å²) in [7, 11) is 0. The fourth-order valence-corrected chi connectivity index (χ4v) is 2.61. The van der Waals surface area contributed by atoms with E-state index in [4.69, 9.17) is 5.73 Å². The van der Waals surface area contributed by atoms with E-state index in [1.165, 1.54) is 29.5 Å². The van der Waals surface area contributed by atoms with Crippen LogP contribution in [0, 0.1) is 5.41 Å². The van der Waals surface area contributed by atoms with Gasteiger partial charge in [-0.1, -0.05) is 39.0 Å². The van der Waals surface area contributed by atoms with Gasteiger partial charge in [0.05, 0.1) is 0 Å². The van der Waals surface area contributed by atoms with Crippen molar-refractivity contribution < 1.29 is 0 Å². The largest absolute Gasteiger partial charge is 0.324 e. The van der Waals surface area contributed by atoms with Crippen LogP contribution in [0.5, 0.6) is 0 Å². The minimum Gasteiger partial charge on any atom is -0.324 e. The zero-order chi connectivity index (χ0) is 11.8. The van der Waals surface area contributed by atoms with Crippen LogP contribution < -0.4 is 5.73 Å². The Morgan fingerprint density at radius 1 is 1.31 bits per heavy atom. The Bertz CT molecular complexity index is 374. The molecule has 0 fully saturated rings. The van der Waals surface area contributed by atoms with Gasteiger partial charge in [0, 0.05) is 6.04 Å². The van der Waals surface area contributed by atoms with Gasteiger partial charge in [0.15, 0.2) is 0 Å². The van der Waals surface area contributed by atoms with Crippen LogP contribution in [0.2, 0.25) is 0 Å². The quantitative estimate of drug-likeness (QED) is 0.764. The van der Waals surface area contributed by atoms with Gasteiger partial charge in [-0.3, -0.25) is 0 Å². The van der Waals surface area contributed by atoms with E-state index >= 15 is 0 Å². The molecule has 2 N–H and O–H groups in total. The van der Waals surface area contributed by atoms with Crippen LogP contribution in [-0.4, -0.2) is 0 Å². The zero-order valence-electron chi connectivity index (χ0n) is 10.7. The van der Waals surface area contributed by atoms with E-state index in [1.807, 2.05) is 0 Å². The summed E-state index contributed by atoms with van der Waals surface area (Å²) in [6.07, 6.45) is 4.73. The lowest BCUT2D eigenvalue weighted by molar-refractivity contribution is 0.410. The van der Waals surface area contributed by atoms with Crippen molar-refractivity contribution in [2.45, 2.75) is 52.5 Å². The van der Waals surface area contributed by atoms with Crippen molar-refractivity contribution in [3.63, 3.8) is 0 Å². The van der Waals surface area contributed by atoms with Gasteiger partial charge in [-0.2, -0.15) is 0 Å². The molecular formula is C15H23N. The van der Waals surface area contributed by atoms with Crippen LogP contribution in [0.3, 0.4) is 0 Å². The van der Waals surface area contributed by atoms with Crippen LogP contribution in [0.15, 0.2) is 18.2 Å². The highest BCUT2D eigenvalue weighted by atomic mass is 14.6. The third-order valence-electron chi connectivity index (χ3n) is 3.31. The van der Waals surface area contributed by atoms with Gasteiger partial charge in [0.1, 0.15) is 0 Å². The van der Waals surface area contributed by atoms with Crippen LogP contribution in [0.25, 0.3) is 0 Å². The Kier molecular flexibility index (Phi) is 3.07. The van der Waals surface area contributed by atoms with Crippen molar-refractivity contribution in [3.05, 3.63) is 34.9 Å². The van der Waals surface area contributed by atoms with Crippen molar-refractivity contribution in [1.29, 1.82) is 0 Å². The van der Waals surface area contributed by atoms with Crippen molar-refractivity contribution in [1.82, 2.24) is 0 Å². The Balaban J connectivity index is 2.27. The summed E-state index contributed by atoms with van der Waals surface area (Å²) in [5.74, 6) is 0. The number of nitrogens with two attached hydrogens (primary N) is 1. The maximum absolute atomic E-state index is 6.18. The van der Waals surface area contributed by atoms with Crippen LogP contribution in [-0.2, 0) is 12.8 Å². The Morgan fingerprint density at radius 3 is 2.75 bits per heavy atom. The first-order chi connectivity index (χ1) is 7.46. The van der Waals surface area contributed by atoms with Gasteiger partial charge in [0.25, 0.3) is 0 Å². The summed E-state index contributed by atoms with van der Waals surface area (Å²) >= 11 is 0. The SMILES string of the molecule is CC(C)(C)Cc1ccc2c(c1)[C@H](N)CCC2. The molecule has 88 valence electrons. The molecule has 0 bridgehead atoms. The van der Waals surface area contributed by atoms with E-state index in [0.717, 1.165) is 12.8 Å². The minimum absolute atomic E-state index is 0.267. The highest BCUT2D eigenvalue weighted by molar-refractivity contribution is 5.36. The second kappa shape index (κ2) is 4.21. The summed E-state index contributed by atoms with van der Waals surface area (Å²) < 4.78 is 0. The summed E-state index contributed by atoms with van der Waals surface area (Å²) in [5, 5.41) is 0. The Labute approximate surface area is 99.0 Å². The molecule has 1 aliphatic rings. The number of rotatable bonds is 1. The third kappa shape index (κ3) is 2.65. The summed E-state index contributed by atoms with van der Waals surface area (Å²) in [4.78, 5) is 0. The lowest BCUT2D eigenvalue weighted by atomic mass is 9.83. The third-order valence-corrected chi connectivity index (χ3v) is 3.31. The van der Waals surface area contributed by atoms with Crippen LogP contribution >= 0.6 is 0 Å². The molecule has 0 radical (unpaired) electrons. The van der Waals surface area contributed by atoms with Crippen molar-refractivity contribution >= 4 is 0 Å². The van der Waals surface area contributed by atoms with Gasteiger partial charge < -0.3 is 5.73 Å². The fourth-order valence-electron chi connectivity index (χ4n) is 2.61. The fraction of sp³-hybridized carbons (Fsp3) is 0.600. The van der Waals surface area contributed by atoms with Crippen molar-refractivity contribution in [3.8, 4) is 0 Å². The van der Waals surface area contributed by atoms with E-state index in [9.17, 15) is 0 Å². The van der Waals surface area contributed by atoms with Crippen LogP contribution in [0.4, 0.5) is 0 Å². The predicted octanol–water partition coefficient (Wildman–Crippen LogP) is 3.61. The standard InChI is InChI=1S/C15H23N/c1-15(2,3)10-11-7-8-12-5-4-6-14(16)13(12)9-11/h7-9,14H,4-6,10,16H2,1-3H3/t14-/m1/s1. The second-order valence-corrected chi connectivity index (χ2v) is 6.27. The van der Waals surface area contributed by atoms with Gasteiger partial charge in [-0.25, -0.2) is 0 Å². The van der Waals surface area contributed by atoms with Crippen molar-refractivity contribution in [2.75, 3.05) is 0 Å². The topological polar surface area (TPSA) is 26.0 Å². The minimum atomic E-state index is 0.267. The average Bonchev–Trinajstić information content (AvgIpc) is 2.17. The van der Waals surface area contributed by atoms with Crippen LogP contribution in [0.1, 0.15) is 56.3 Å². The highest BCUT2D eigenvalue weighted by Gasteiger charge is 2.18. The summed E-state index contributed by atoms with van der Waals surface area (Å²) in [6.45, 7) is 6.85. The van der Waals surface area contributed by atoms with E-state index in [2.05, 4.69) is 39.0 Å².